The monoisotopic (exact) mass is 411 g/mol. The second kappa shape index (κ2) is 8.74. The Morgan fingerprint density at radius 3 is 2.57 bits per heavy atom. The van der Waals surface area contributed by atoms with Crippen molar-refractivity contribution in [3.05, 3.63) is 28.7 Å². The van der Waals surface area contributed by atoms with Crippen LogP contribution in [-0.4, -0.2) is 55.8 Å². The molecule has 0 saturated carbocycles. The zero-order valence-corrected chi connectivity index (χ0v) is 18.5. The zero-order valence-electron chi connectivity index (χ0n) is 18.5. The summed E-state index contributed by atoms with van der Waals surface area (Å²) in [6.45, 7) is 8.58. The van der Waals surface area contributed by atoms with E-state index < -0.39 is 0 Å². The molecular formula is C23H33N5O2. The summed E-state index contributed by atoms with van der Waals surface area (Å²) in [7, 11) is 0. The Morgan fingerprint density at radius 1 is 1.07 bits per heavy atom. The van der Waals surface area contributed by atoms with E-state index in [0.29, 0.717) is 19.3 Å². The predicted molar refractivity (Wildman–Crippen MR) is 115 cm³/mol. The summed E-state index contributed by atoms with van der Waals surface area (Å²) in [5.41, 5.74) is 4.86. The van der Waals surface area contributed by atoms with Gasteiger partial charge in [-0.15, -0.1) is 0 Å². The third-order valence-corrected chi connectivity index (χ3v) is 6.70. The minimum absolute atomic E-state index is 0.0444. The molecule has 7 nitrogen and oxygen atoms in total. The van der Waals surface area contributed by atoms with Crippen molar-refractivity contribution in [2.75, 3.05) is 19.6 Å². The largest absolute Gasteiger partial charge is 0.343 e. The third-order valence-electron chi connectivity index (χ3n) is 6.70. The van der Waals surface area contributed by atoms with Crippen molar-refractivity contribution in [1.82, 2.24) is 24.4 Å². The van der Waals surface area contributed by atoms with Crippen LogP contribution in [-0.2, 0) is 16.0 Å². The first-order valence-corrected chi connectivity index (χ1v) is 11.4. The van der Waals surface area contributed by atoms with Gasteiger partial charge < -0.3 is 9.80 Å². The fourth-order valence-electron chi connectivity index (χ4n) is 4.98. The average Bonchev–Trinajstić information content (AvgIpc) is 3.40. The van der Waals surface area contributed by atoms with Crippen molar-refractivity contribution < 1.29 is 9.59 Å². The molecule has 30 heavy (non-hydrogen) atoms. The van der Waals surface area contributed by atoms with E-state index in [9.17, 15) is 9.59 Å². The van der Waals surface area contributed by atoms with Crippen LogP contribution in [0.1, 0.15) is 80.6 Å². The summed E-state index contributed by atoms with van der Waals surface area (Å²) in [4.78, 5) is 33.7. The van der Waals surface area contributed by atoms with Crippen LogP contribution in [0.25, 0.3) is 5.65 Å². The summed E-state index contributed by atoms with van der Waals surface area (Å²) in [6.07, 6.45) is 7.16. The van der Waals surface area contributed by atoms with E-state index in [2.05, 4.69) is 6.92 Å². The van der Waals surface area contributed by atoms with Crippen LogP contribution in [0.4, 0.5) is 0 Å². The summed E-state index contributed by atoms with van der Waals surface area (Å²) in [5, 5.41) is 4.84. The highest BCUT2D eigenvalue weighted by Crippen LogP contribution is 2.32. The molecule has 0 bridgehead atoms. The highest BCUT2D eigenvalue weighted by molar-refractivity contribution is 5.77. The fraction of sp³-hybridized carbons (Fsp3) is 0.652. The van der Waals surface area contributed by atoms with E-state index in [4.69, 9.17) is 10.1 Å². The molecule has 4 heterocycles. The number of hydrogen-bond acceptors (Lipinski definition) is 4. The maximum absolute atomic E-state index is 12.6. The summed E-state index contributed by atoms with van der Waals surface area (Å²) >= 11 is 0. The molecule has 4 rings (SSSR count). The number of likely N-dealkylation sites (tertiary alicyclic amines) is 2. The molecule has 2 fully saturated rings. The molecule has 0 radical (unpaired) electrons. The number of fused-ring (bicyclic) bond motifs is 1. The molecule has 2 saturated heterocycles. The predicted octanol–water partition coefficient (Wildman–Crippen LogP) is 3.36. The molecule has 0 aromatic carbocycles. The fourth-order valence-corrected chi connectivity index (χ4v) is 4.98. The maximum atomic E-state index is 12.6. The van der Waals surface area contributed by atoms with Gasteiger partial charge in [-0.2, -0.15) is 5.10 Å². The van der Waals surface area contributed by atoms with Gasteiger partial charge in [0.2, 0.25) is 11.8 Å². The van der Waals surface area contributed by atoms with Crippen LogP contribution in [0.3, 0.4) is 0 Å². The number of nitrogens with zero attached hydrogens (tertiary/aromatic N) is 5. The second-order valence-corrected chi connectivity index (χ2v) is 8.64. The van der Waals surface area contributed by atoms with Crippen LogP contribution >= 0.6 is 0 Å². The van der Waals surface area contributed by atoms with Crippen LogP contribution in [0.2, 0.25) is 0 Å². The van der Waals surface area contributed by atoms with E-state index >= 15 is 0 Å². The quantitative estimate of drug-likeness (QED) is 0.756. The molecule has 2 aromatic heterocycles. The average molecular weight is 412 g/mol. The highest BCUT2D eigenvalue weighted by Gasteiger charge is 2.31. The molecule has 0 aliphatic carbocycles. The first-order chi connectivity index (χ1) is 14.5. The van der Waals surface area contributed by atoms with Crippen molar-refractivity contribution in [3.63, 3.8) is 0 Å². The molecular weight excluding hydrogens is 378 g/mol. The van der Waals surface area contributed by atoms with Gasteiger partial charge in [0.25, 0.3) is 0 Å². The van der Waals surface area contributed by atoms with Crippen molar-refractivity contribution in [3.8, 4) is 0 Å². The Kier molecular flexibility index (Phi) is 6.06. The molecule has 1 unspecified atom stereocenters. The van der Waals surface area contributed by atoms with E-state index in [-0.39, 0.29) is 17.9 Å². The molecule has 0 spiro atoms. The van der Waals surface area contributed by atoms with E-state index in [1.54, 1.807) is 0 Å². The molecule has 2 aliphatic heterocycles. The summed E-state index contributed by atoms with van der Waals surface area (Å²) < 4.78 is 1.90. The SMILES string of the molecule is CCC(=O)N1CCCC1c1cc2nc(C)c(CCC(=O)N3CCCCC3)c(C)n2n1. The van der Waals surface area contributed by atoms with Crippen LogP contribution in [0.15, 0.2) is 6.07 Å². The molecule has 2 aromatic rings. The van der Waals surface area contributed by atoms with Crippen molar-refractivity contribution in [2.24, 2.45) is 0 Å². The Labute approximate surface area is 178 Å². The molecule has 2 amide bonds. The van der Waals surface area contributed by atoms with Gasteiger partial charge in [0.1, 0.15) is 0 Å². The lowest BCUT2D eigenvalue weighted by molar-refractivity contribution is -0.132. The number of hydrogen-bond donors (Lipinski definition) is 0. The van der Waals surface area contributed by atoms with Gasteiger partial charge in [0.15, 0.2) is 5.65 Å². The minimum atomic E-state index is 0.0444. The number of carbonyl (C=O) groups excluding carboxylic acids is 2. The molecule has 2 aliphatic rings. The van der Waals surface area contributed by atoms with Crippen LogP contribution in [0.5, 0.6) is 0 Å². The van der Waals surface area contributed by atoms with E-state index in [1.165, 1.54) is 6.42 Å². The molecule has 0 N–H and O–H groups in total. The molecule has 1 atom stereocenters. The number of aryl methyl sites for hydroxylation is 2. The first-order valence-electron chi connectivity index (χ1n) is 11.4. The Morgan fingerprint density at radius 2 is 1.83 bits per heavy atom. The topological polar surface area (TPSA) is 70.8 Å². The highest BCUT2D eigenvalue weighted by atomic mass is 16.2. The Hall–Kier alpha value is -2.44. The van der Waals surface area contributed by atoms with Gasteiger partial charge in [-0.3, -0.25) is 9.59 Å². The van der Waals surface area contributed by atoms with Crippen LogP contribution < -0.4 is 0 Å². The maximum Gasteiger partial charge on any atom is 0.222 e. The van der Waals surface area contributed by atoms with Crippen molar-refractivity contribution in [1.29, 1.82) is 0 Å². The summed E-state index contributed by atoms with van der Waals surface area (Å²) in [6, 6.07) is 2.07. The van der Waals surface area contributed by atoms with E-state index in [0.717, 1.165) is 73.6 Å². The summed E-state index contributed by atoms with van der Waals surface area (Å²) in [5.74, 6) is 0.432. The van der Waals surface area contributed by atoms with E-state index in [1.807, 2.05) is 34.2 Å². The van der Waals surface area contributed by atoms with Crippen LogP contribution in [0, 0.1) is 13.8 Å². The lowest BCUT2D eigenvalue weighted by Gasteiger charge is -2.26. The third kappa shape index (κ3) is 3.94. The van der Waals surface area contributed by atoms with Gasteiger partial charge >= 0.3 is 0 Å². The Bertz CT molecular complexity index is 945. The van der Waals surface area contributed by atoms with Gasteiger partial charge in [-0.05, 0) is 57.9 Å². The molecule has 162 valence electrons. The van der Waals surface area contributed by atoms with Gasteiger partial charge in [-0.25, -0.2) is 9.50 Å². The number of carbonyl (C=O) groups is 2. The standard InChI is InChI=1S/C23H33N5O2/c1-4-22(29)27-14-8-9-20(27)19-15-21-24-16(2)18(17(3)28(21)25-19)10-11-23(30)26-12-6-5-7-13-26/h15,20H,4-14H2,1-3H3. The van der Waals surface area contributed by atoms with Gasteiger partial charge in [-0.1, -0.05) is 6.92 Å². The van der Waals surface area contributed by atoms with Gasteiger partial charge in [0, 0.05) is 49.9 Å². The number of amides is 2. The normalized spacial score (nSPS) is 19.6. The second-order valence-electron chi connectivity index (χ2n) is 8.64. The minimum Gasteiger partial charge on any atom is -0.343 e. The van der Waals surface area contributed by atoms with Crippen molar-refractivity contribution >= 4 is 17.5 Å². The smallest absolute Gasteiger partial charge is 0.222 e. The lowest BCUT2D eigenvalue weighted by atomic mass is 10.0. The first kappa shape index (κ1) is 20.8. The molecule has 7 heteroatoms. The zero-order chi connectivity index (χ0) is 21.3. The van der Waals surface area contributed by atoms with Gasteiger partial charge in [0.05, 0.1) is 11.7 Å². The lowest BCUT2D eigenvalue weighted by Crippen LogP contribution is -2.35. The number of aromatic nitrogens is 3. The Balaban J connectivity index is 1.55. The van der Waals surface area contributed by atoms with Crippen molar-refractivity contribution in [2.45, 2.75) is 78.2 Å². The number of rotatable bonds is 5. The number of piperidine rings is 1.